The van der Waals surface area contributed by atoms with Gasteiger partial charge in [-0.05, 0) is 0 Å². The molecule has 0 heterocycles. The summed E-state index contributed by atoms with van der Waals surface area (Å²) in [6.07, 6.45) is 0.0957. The number of para-hydroxylation sites is 1. The summed E-state index contributed by atoms with van der Waals surface area (Å²) in [5.74, 6) is 0.855. The first-order valence-corrected chi connectivity index (χ1v) is 11.7. The normalized spacial score (nSPS) is 10.8. The quantitative estimate of drug-likeness (QED) is 0.466. The number of benzene rings is 2. The van der Waals surface area contributed by atoms with Gasteiger partial charge in [-0.2, -0.15) is 0 Å². The minimum absolute atomic E-state index is 0. The molecule has 0 saturated carbocycles. The summed E-state index contributed by atoms with van der Waals surface area (Å²) in [5, 5.41) is 0. The van der Waals surface area contributed by atoms with Gasteiger partial charge < -0.3 is 7.43 Å². The van der Waals surface area contributed by atoms with E-state index >= 15 is 0 Å². The molecule has 0 unspecified atom stereocenters. The molecule has 0 aliphatic heterocycles. The molecule has 0 aromatic heterocycles. The van der Waals surface area contributed by atoms with Crippen molar-refractivity contribution in [1.82, 2.24) is 0 Å². The first kappa shape index (κ1) is 18.4. The van der Waals surface area contributed by atoms with Gasteiger partial charge in [-0.1, -0.05) is 0 Å². The Hall–Kier alpha value is -0.687. The van der Waals surface area contributed by atoms with Gasteiger partial charge in [-0.15, -0.1) is 0 Å². The maximum Gasteiger partial charge on any atom is -0.358 e. The van der Waals surface area contributed by atoms with Gasteiger partial charge in [-0.25, -0.2) is 0 Å². The van der Waals surface area contributed by atoms with Crippen molar-refractivity contribution >= 4 is 24.0 Å². The number of halogens is 2. The third kappa shape index (κ3) is 5.22. The molecule has 0 aliphatic carbocycles. The van der Waals surface area contributed by atoms with E-state index in [0.717, 1.165) is 22.4 Å². The Bertz CT molecular complexity index is 605. The standard InChI is InChI=1S/C16H16O.CH3.2ClH.Ru/c1-12(2)17-16-13(3)8-7-11-15(16)14-9-5-4-6-10-14;;;;/h3-12H,1-2H3;1H3;2*1H;/q;-1;;;+2/p-2. The Morgan fingerprint density at radius 3 is 2.24 bits per heavy atom. The summed E-state index contributed by atoms with van der Waals surface area (Å²) in [4.78, 5) is 0. The van der Waals surface area contributed by atoms with Crippen LogP contribution in [0, 0.1) is 7.43 Å². The predicted molar refractivity (Wildman–Crippen MR) is 90.9 cm³/mol. The maximum atomic E-state index is 6.02. The van der Waals surface area contributed by atoms with Crippen LogP contribution in [0.1, 0.15) is 19.4 Å². The second-order valence-electron chi connectivity index (χ2n) is 4.56. The van der Waals surface area contributed by atoms with Crippen LogP contribution in [-0.4, -0.2) is 10.7 Å². The molecule has 0 amide bonds. The maximum absolute atomic E-state index is 6.02. The Balaban J connectivity index is 0.00000220. The van der Waals surface area contributed by atoms with Crippen LogP contribution in [-0.2, 0) is 13.5 Å². The predicted octanol–water partition coefficient (Wildman–Crippen LogP) is 5.67. The molecule has 0 radical (unpaired) electrons. The molecule has 0 bridgehead atoms. The Morgan fingerprint density at radius 2 is 1.67 bits per heavy atom. The third-order valence-electron chi connectivity index (χ3n) is 2.67. The zero-order chi connectivity index (χ0) is 14.5. The van der Waals surface area contributed by atoms with Crippen molar-refractivity contribution < 1.29 is 18.3 Å². The molecule has 2 aromatic rings. The van der Waals surface area contributed by atoms with Crippen molar-refractivity contribution in [2.75, 3.05) is 0 Å². The van der Waals surface area contributed by atoms with Crippen molar-refractivity contribution in [2.45, 2.75) is 20.0 Å². The van der Waals surface area contributed by atoms with Crippen molar-refractivity contribution in [3.8, 4) is 16.9 Å². The molecule has 116 valence electrons. The summed E-state index contributed by atoms with van der Waals surface area (Å²) in [5.41, 5.74) is 3.17. The number of hydrogen-bond donors (Lipinski definition) is 0. The summed E-state index contributed by atoms with van der Waals surface area (Å²) in [6, 6.07) is 16.2. The molecule has 0 spiro atoms. The van der Waals surface area contributed by atoms with Gasteiger partial charge in [0.15, 0.2) is 0 Å². The Kier molecular flexibility index (Phi) is 7.59. The molecule has 1 nitrogen and oxygen atoms in total. The van der Waals surface area contributed by atoms with Crippen molar-refractivity contribution in [3.05, 3.63) is 61.5 Å². The summed E-state index contributed by atoms with van der Waals surface area (Å²) in [7, 11) is 12.0. The van der Waals surface area contributed by atoms with Crippen LogP contribution in [0.3, 0.4) is 0 Å². The molecule has 0 fully saturated rings. The topological polar surface area (TPSA) is 9.23 Å². The fourth-order valence-electron chi connectivity index (χ4n) is 1.93. The molecule has 4 heteroatoms. The molecule has 21 heavy (non-hydrogen) atoms. The molecule has 0 atom stereocenters. The van der Waals surface area contributed by atoms with E-state index < -0.39 is 13.5 Å². The van der Waals surface area contributed by atoms with E-state index in [9.17, 15) is 0 Å². The number of rotatable bonds is 4. The minimum Gasteiger partial charge on any atom is -0.358 e. The fourth-order valence-corrected chi connectivity index (χ4v) is 3.72. The molecule has 0 aliphatic rings. The monoisotopic (exact) mass is 411 g/mol. The van der Waals surface area contributed by atoms with Crippen molar-refractivity contribution in [3.63, 3.8) is 0 Å². The summed E-state index contributed by atoms with van der Waals surface area (Å²) < 4.78 is 7.93. The van der Waals surface area contributed by atoms with Crippen LogP contribution < -0.4 is 4.74 Å². The largest absolute Gasteiger partial charge is 0.358 e. The Labute approximate surface area is 140 Å². The van der Waals surface area contributed by atoms with E-state index in [2.05, 4.69) is 18.2 Å². The van der Waals surface area contributed by atoms with Crippen LogP contribution in [0.4, 0.5) is 0 Å². The molecule has 0 N–H and O–H groups in total. The zero-order valence-corrected chi connectivity index (χ0v) is 15.5. The number of hydrogen-bond acceptors (Lipinski definition) is 1. The van der Waals surface area contributed by atoms with E-state index in [1.165, 1.54) is 0 Å². The molecule has 2 aromatic carbocycles. The van der Waals surface area contributed by atoms with Crippen LogP contribution in [0.2, 0.25) is 0 Å². The van der Waals surface area contributed by atoms with Gasteiger partial charge in [-0.3, -0.25) is 0 Å². The van der Waals surface area contributed by atoms with Gasteiger partial charge in [0.2, 0.25) is 0 Å². The van der Waals surface area contributed by atoms with Gasteiger partial charge in [0.05, 0.1) is 0 Å². The zero-order valence-electron chi connectivity index (χ0n) is 12.3. The van der Waals surface area contributed by atoms with E-state index in [4.69, 9.17) is 24.1 Å². The second-order valence-corrected chi connectivity index (χ2v) is 10.3. The van der Waals surface area contributed by atoms with E-state index in [1.54, 1.807) is 0 Å². The van der Waals surface area contributed by atoms with E-state index in [0.29, 0.717) is 0 Å². The minimum atomic E-state index is -1.89. The SMILES string of the molecule is CC(C)Oc1c([CH]=[Ru]([Cl])[Cl])cccc1-c1ccccc1.[CH3-]. The smallest absolute Gasteiger partial charge is 0.358 e. The van der Waals surface area contributed by atoms with Gasteiger partial charge in [0.1, 0.15) is 0 Å². The summed E-state index contributed by atoms with van der Waals surface area (Å²) >= 11 is -1.89. The first-order valence-electron chi connectivity index (χ1n) is 6.26. The van der Waals surface area contributed by atoms with E-state index in [-0.39, 0.29) is 13.5 Å². The Morgan fingerprint density at radius 1 is 1.00 bits per heavy atom. The van der Waals surface area contributed by atoms with Gasteiger partial charge in [0.25, 0.3) is 0 Å². The second kappa shape index (κ2) is 8.68. The average Bonchev–Trinajstić information content (AvgIpc) is 2.40. The van der Waals surface area contributed by atoms with Crippen molar-refractivity contribution in [1.29, 1.82) is 0 Å². The number of ether oxygens (including phenoxy) is 1. The van der Waals surface area contributed by atoms with Crippen LogP contribution in [0.15, 0.2) is 48.5 Å². The first-order chi connectivity index (χ1) is 9.58. The van der Waals surface area contributed by atoms with Gasteiger partial charge in [0, 0.05) is 0 Å². The van der Waals surface area contributed by atoms with Crippen LogP contribution >= 0.6 is 19.4 Å². The molecular formula is C17H19Cl2ORu-. The third-order valence-corrected chi connectivity index (χ3v) is 4.50. The molecular weight excluding hydrogens is 392 g/mol. The van der Waals surface area contributed by atoms with Crippen molar-refractivity contribution in [2.24, 2.45) is 0 Å². The molecule has 0 saturated heterocycles. The van der Waals surface area contributed by atoms with Crippen LogP contribution in [0.5, 0.6) is 5.75 Å². The molecule has 2 rings (SSSR count). The van der Waals surface area contributed by atoms with E-state index in [1.807, 2.05) is 48.8 Å². The summed E-state index contributed by atoms with van der Waals surface area (Å²) in [6.45, 7) is 4.03. The van der Waals surface area contributed by atoms with Gasteiger partial charge >= 0.3 is 133 Å². The fraction of sp³-hybridized carbons (Fsp3) is 0.176. The average molecular weight is 411 g/mol. The van der Waals surface area contributed by atoms with Crippen LogP contribution in [0.25, 0.3) is 11.1 Å².